The number of benzene rings is 2. The first-order valence-electron chi connectivity index (χ1n) is 6.20. The standard InChI is InChI=1S/C16H11Cl2FS/c17-13-4-2-1-3-10(13)7-14(18)16-8-11-5-6-12(19)9-15(11)20-16/h1-6,8-9,14H,7H2. The maximum absolute atomic E-state index is 13.2. The fourth-order valence-corrected chi connectivity index (χ4v) is 3.78. The van der Waals surface area contributed by atoms with E-state index >= 15 is 0 Å². The first-order valence-corrected chi connectivity index (χ1v) is 7.83. The summed E-state index contributed by atoms with van der Waals surface area (Å²) in [4.78, 5) is 1.03. The quantitative estimate of drug-likeness (QED) is 0.502. The number of rotatable bonds is 3. The van der Waals surface area contributed by atoms with Crippen molar-refractivity contribution in [3.63, 3.8) is 0 Å². The van der Waals surface area contributed by atoms with E-state index in [-0.39, 0.29) is 11.2 Å². The Morgan fingerprint density at radius 1 is 1.10 bits per heavy atom. The Balaban J connectivity index is 1.89. The predicted molar refractivity (Wildman–Crippen MR) is 85.5 cm³/mol. The van der Waals surface area contributed by atoms with E-state index in [1.807, 2.05) is 30.3 Å². The maximum Gasteiger partial charge on any atom is 0.124 e. The van der Waals surface area contributed by atoms with Gasteiger partial charge in [-0.05, 0) is 41.6 Å². The van der Waals surface area contributed by atoms with Gasteiger partial charge in [-0.15, -0.1) is 22.9 Å². The van der Waals surface area contributed by atoms with Crippen molar-refractivity contribution in [2.75, 3.05) is 0 Å². The van der Waals surface area contributed by atoms with Crippen molar-refractivity contribution in [1.82, 2.24) is 0 Å². The summed E-state index contributed by atoms with van der Waals surface area (Å²) in [5.74, 6) is -0.219. The molecule has 20 heavy (non-hydrogen) atoms. The van der Waals surface area contributed by atoms with E-state index in [0.29, 0.717) is 6.42 Å². The molecule has 0 amide bonds. The molecule has 0 saturated heterocycles. The highest BCUT2D eigenvalue weighted by atomic mass is 35.5. The van der Waals surface area contributed by atoms with E-state index in [9.17, 15) is 4.39 Å². The Morgan fingerprint density at radius 3 is 2.70 bits per heavy atom. The summed E-state index contributed by atoms with van der Waals surface area (Å²) in [6, 6.07) is 14.5. The zero-order valence-corrected chi connectivity index (χ0v) is 12.8. The molecular formula is C16H11Cl2FS. The van der Waals surface area contributed by atoms with Gasteiger partial charge in [-0.2, -0.15) is 0 Å². The van der Waals surface area contributed by atoms with E-state index in [0.717, 1.165) is 25.5 Å². The predicted octanol–water partition coefficient (Wildman–Crippen LogP) is 6.22. The van der Waals surface area contributed by atoms with Gasteiger partial charge in [-0.1, -0.05) is 35.9 Å². The Hall–Kier alpha value is -1.09. The fourth-order valence-electron chi connectivity index (χ4n) is 2.14. The van der Waals surface area contributed by atoms with Gasteiger partial charge in [0, 0.05) is 14.6 Å². The molecule has 0 N–H and O–H groups in total. The van der Waals surface area contributed by atoms with Gasteiger partial charge in [0.25, 0.3) is 0 Å². The SMILES string of the molecule is Fc1ccc2cc(C(Cl)Cc3ccccc3Cl)sc2c1. The van der Waals surface area contributed by atoms with Gasteiger partial charge in [-0.25, -0.2) is 4.39 Å². The van der Waals surface area contributed by atoms with Gasteiger partial charge in [-0.3, -0.25) is 0 Å². The Kier molecular flexibility index (Phi) is 3.97. The molecule has 0 aliphatic rings. The van der Waals surface area contributed by atoms with E-state index in [2.05, 4.69) is 0 Å². The summed E-state index contributed by atoms with van der Waals surface area (Å²) in [5, 5.41) is 1.59. The summed E-state index contributed by atoms with van der Waals surface area (Å²) >= 11 is 14.2. The van der Waals surface area contributed by atoms with Crippen LogP contribution < -0.4 is 0 Å². The van der Waals surface area contributed by atoms with Gasteiger partial charge in [0.15, 0.2) is 0 Å². The van der Waals surface area contributed by atoms with Crippen molar-refractivity contribution in [1.29, 1.82) is 0 Å². The lowest BCUT2D eigenvalue weighted by molar-refractivity contribution is 0.630. The van der Waals surface area contributed by atoms with Crippen LogP contribution >= 0.6 is 34.5 Å². The molecule has 2 aromatic carbocycles. The first kappa shape index (κ1) is 13.9. The zero-order chi connectivity index (χ0) is 14.1. The van der Waals surface area contributed by atoms with Gasteiger partial charge < -0.3 is 0 Å². The minimum absolute atomic E-state index is 0.157. The average molecular weight is 325 g/mol. The largest absolute Gasteiger partial charge is 0.207 e. The molecule has 3 rings (SSSR count). The summed E-state index contributed by atoms with van der Waals surface area (Å²) < 4.78 is 14.1. The molecular weight excluding hydrogens is 314 g/mol. The van der Waals surface area contributed by atoms with Crippen LogP contribution in [0.1, 0.15) is 15.8 Å². The van der Waals surface area contributed by atoms with Crippen molar-refractivity contribution < 1.29 is 4.39 Å². The molecule has 0 nitrogen and oxygen atoms in total. The van der Waals surface area contributed by atoms with Gasteiger partial charge >= 0.3 is 0 Å². The molecule has 1 unspecified atom stereocenters. The van der Waals surface area contributed by atoms with Gasteiger partial charge in [0.2, 0.25) is 0 Å². The highest BCUT2D eigenvalue weighted by Gasteiger charge is 2.14. The Morgan fingerprint density at radius 2 is 1.90 bits per heavy atom. The van der Waals surface area contributed by atoms with Crippen molar-refractivity contribution in [3.8, 4) is 0 Å². The van der Waals surface area contributed by atoms with E-state index in [1.54, 1.807) is 12.1 Å². The molecule has 3 aromatic rings. The highest BCUT2D eigenvalue weighted by molar-refractivity contribution is 7.19. The average Bonchev–Trinajstić information content (AvgIpc) is 2.84. The smallest absolute Gasteiger partial charge is 0.124 e. The third kappa shape index (κ3) is 2.83. The molecule has 1 atom stereocenters. The number of fused-ring (bicyclic) bond motifs is 1. The minimum Gasteiger partial charge on any atom is -0.207 e. The molecule has 1 aromatic heterocycles. The third-order valence-electron chi connectivity index (χ3n) is 3.17. The van der Waals surface area contributed by atoms with Crippen LogP contribution in [0.15, 0.2) is 48.5 Å². The van der Waals surface area contributed by atoms with E-state index in [4.69, 9.17) is 23.2 Å². The molecule has 102 valence electrons. The molecule has 0 aliphatic heterocycles. The number of alkyl halides is 1. The van der Waals surface area contributed by atoms with E-state index < -0.39 is 0 Å². The van der Waals surface area contributed by atoms with Crippen molar-refractivity contribution in [3.05, 3.63) is 69.8 Å². The molecule has 4 heteroatoms. The summed E-state index contributed by atoms with van der Waals surface area (Å²) in [5.41, 5.74) is 1.03. The molecule has 0 aliphatic carbocycles. The molecule has 0 bridgehead atoms. The zero-order valence-electron chi connectivity index (χ0n) is 10.4. The summed E-state index contributed by atoms with van der Waals surface area (Å²) in [7, 11) is 0. The van der Waals surface area contributed by atoms with Crippen LogP contribution in [0.4, 0.5) is 4.39 Å². The van der Waals surface area contributed by atoms with Crippen molar-refractivity contribution >= 4 is 44.6 Å². The molecule has 0 saturated carbocycles. The highest BCUT2D eigenvalue weighted by Crippen LogP contribution is 2.36. The second kappa shape index (κ2) is 5.72. The second-order valence-corrected chi connectivity index (χ2v) is 6.64. The van der Waals surface area contributed by atoms with Crippen LogP contribution in [-0.2, 0) is 6.42 Å². The number of hydrogen-bond donors (Lipinski definition) is 0. The number of halogens is 3. The molecule has 0 fully saturated rings. The summed E-state index contributed by atoms with van der Waals surface area (Å²) in [6.45, 7) is 0. The van der Waals surface area contributed by atoms with Gasteiger partial charge in [0.1, 0.15) is 5.82 Å². The van der Waals surface area contributed by atoms with Crippen LogP contribution in [0, 0.1) is 5.82 Å². The maximum atomic E-state index is 13.2. The van der Waals surface area contributed by atoms with Crippen molar-refractivity contribution in [2.24, 2.45) is 0 Å². The Labute approximate surface area is 130 Å². The lowest BCUT2D eigenvalue weighted by atomic mass is 10.1. The van der Waals surface area contributed by atoms with Gasteiger partial charge in [0.05, 0.1) is 5.38 Å². The van der Waals surface area contributed by atoms with Crippen LogP contribution in [-0.4, -0.2) is 0 Å². The van der Waals surface area contributed by atoms with Crippen LogP contribution in [0.5, 0.6) is 0 Å². The van der Waals surface area contributed by atoms with Crippen LogP contribution in [0.25, 0.3) is 10.1 Å². The minimum atomic E-state index is -0.219. The fraction of sp³-hybridized carbons (Fsp3) is 0.125. The lowest BCUT2D eigenvalue weighted by Crippen LogP contribution is -1.94. The number of hydrogen-bond acceptors (Lipinski definition) is 1. The molecule has 0 radical (unpaired) electrons. The topological polar surface area (TPSA) is 0 Å². The lowest BCUT2D eigenvalue weighted by Gasteiger charge is -2.08. The normalized spacial score (nSPS) is 12.8. The Bertz CT molecular complexity index is 751. The third-order valence-corrected chi connectivity index (χ3v) is 5.27. The van der Waals surface area contributed by atoms with Crippen molar-refractivity contribution in [2.45, 2.75) is 11.8 Å². The second-order valence-electron chi connectivity index (χ2n) is 4.59. The summed E-state index contributed by atoms with van der Waals surface area (Å²) in [6.07, 6.45) is 0.663. The number of thiophene rings is 1. The molecule has 1 heterocycles. The van der Waals surface area contributed by atoms with Crippen LogP contribution in [0.2, 0.25) is 5.02 Å². The van der Waals surface area contributed by atoms with E-state index in [1.165, 1.54) is 17.4 Å². The monoisotopic (exact) mass is 324 g/mol. The van der Waals surface area contributed by atoms with Crippen LogP contribution in [0.3, 0.4) is 0 Å². The molecule has 0 spiro atoms. The first-order chi connectivity index (χ1) is 9.63.